The molecule has 0 aliphatic heterocycles. The Labute approximate surface area is 142 Å². The van der Waals surface area contributed by atoms with E-state index >= 15 is 0 Å². The Morgan fingerprint density at radius 2 is 1.84 bits per heavy atom. The largest absolute Gasteiger partial charge is 0.480 e. The number of halogens is 3. The Kier molecular flexibility index (Phi) is 6.68. The molecule has 2 atom stereocenters. The third-order valence-corrected chi connectivity index (χ3v) is 4.54. The average Bonchev–Trinajstić information content (AvgIpc) is 2.52. The molecular formula is C14H17F3N2O5S. The van der Waals surface area contributed by atoms with Crippen LogP contribution in [0.4, 0.5) is 13.2 Å². The van der Waals surface area contributed by atoms with Gasteiger partial charge in [0, 0.05) is 19.1 Å². The van der Waals surface area contributed by atoms with Crippen LogP contribution < -0.4 is 5.73 Å². The summed E-state index contributed by atoms with van der Waals surface area (Å²) in [5.41, 5.74) is 1.30. The van der Waals surface area contributed by atoms with Crippen molar-refractivity contribution in [1.29, 1.82) is 0 Å². The Balaban J connectivity index is 2.90. The van der Waals surface area contributed by atoms with Crippen LogP contribution in [0.5, 0.6) is 0 Å². The first-order valence-corrected chi connectivity index (χ1v) is 8.59. The van der Waals surface area contributed by atoms with Gasteiger partial charge in [-0.05, 0) is 5.56 Å². The quantitative estimate of drug-likeness (QED) is 0.576. The van der Waals surface area contributed by atoms with Gasteiger partial charge in [0.2, 0.25) is 0 Å². The Hall–Kier alpha value is -1.98. The molecule has 1 rings (SSSR count). The normalized spacial score (nSPS) is 16.5. The van der Waals surface area contributed by atoms with Crippen molar-refractivity contribution in [2.75, 3.05) is 5.75 Å². The minimum Gasteiger partial charge on any atom is -0.480 e. The van der Waals surface area contributed by atoms with Crippen molar-refractivity contribution in [3.05, 3.63) is 35.9 Å². The van der Waals surface area contributed by atoms with Crippen LogP contribution in [0.3, 0.4) is 0 Å². The lowest BCUT2D eigenvalue weighted by molar-refractivity contribution is -0.267. The fourth-order valence-corrected chi connectivity index (χ4v) is 2.84. The number of sulfonamides is 1. The predicted molar refractivity (Wildman–Crippen MR) is 83.5 cm³/mol. The highest BCUT2D eigenvalue weighted by molar-refractivity contribution is 7.90. The average molecular weight is 382 g/mol. The standard InChI is InChI=1S/C14H17F3N2O5S/c15-14(16,17)13(22,10-4-2-1-3-5-10)7-9-25(23,24)19-8-6-11(18)12(20)21/h1-5,8,11,22H,6-7,9,18H2,(H,20,21)/t11-,13-/m0/s1. The highest BCUT2D eigenvalue weighted by Gasteiger charge is 2.54. The van der Waals surface area contributed by atoms with E-state index in [9.17, 15) is 31.5 Å². The molecule has 0 bridgehead atoms. The number of nitrogens with zero attached hydrogens (tertiary/aromatic N) is 1. The zero-order chi connectivity index (χ0) is 19.3. The molecule has 0 amide bonds. The Morgan fingerprint density at radius 1 is 1.28 bits per heavy atom. The predicted octanol–water partition coefficient (Wildman–Crippen LogP) is 1.03. The number of hydrogen-bond donors (Lipinski definition) is 3. The van der Waals surface area contributed by atoms with Gasteiger partial charge in [-0.15, -0.1) is 0 Å². The second-order valence-corrected chi connectivity index (χ2v) is 7.01. The molecule has 25 heavy (non-hydrogen) atoms. The molecule has 0 aromatic heterocycles. The summed E-state index contributed by atoms with van der Waals surface area (Å²) in [4.78, 5) is 10.5. The molecule has 0 fully saturated rings. The molecule has 0 radical (unpaired) electrons. The highest BCUT2D eigenvalue weighted by atomic mass is 32.2. The fraction of sp³-hybridized carbons (Fsp3) is 0.429. The number of aliphatic carboxylic acids is 1. The van der Waals surface area contributed by atoms with Crippen molar-refractivity contribution in [2.45, 2.75) is 30.7 Å². The van der Waals surface area contributed by atoms with Crippen LogP contribution in [-0.2, 0) is 20.4 Å². The molecular weight excluding hydrogens is 365 g/mol. The maximum Gasteiger partial charge on any atom is 0.421 e. The van der Waals surface area contributed by atoms with Crippen LogP contribution >= 0.6 is 0 Å². The van der Waals surface area contributed by atoms with Gasteiger partial charge in [0.25, 0.3) is 10.0 Å². The molecule has 0 aliphatic carbocycles. The summed E-state index contributed by atoms with van der Waals surface area (Å²) < 4.78 is 66.3. The van der Waals surface area contributed by atoms with Gasteiger partial charge in [-0.1, -0.05) is 30.3 Å². The summed E-state index contributed by atoms with van der Waals surface area (Å²) in [6.07, 6.45) is -5.95. The highest BCUT2D eigenvalue weighted by Crippen LogP contribution is 2.41. The van der Waals surface area contributed by atoms with Gasteiger partial charge in [-0.2, -0.15) is 17.6 Å². The molecule has 0 saturated heterocycles. The minimum atomic E-state index is -5.10. The lowest BCUT2D eigenvalue weighted by Crippen LogP contribution is -2.43. The first-order valence-electron chi connectivity index (χ1n) is 6.98. The van der Waals surface area contributed by atoms with E-state index in [-0.39, 0.29) is 0 Å². The minimum absolute atomic E-state index is 0.406. The van der Waals surface area contributed by atoms with Gasteiger partial charge in [0.15, 0.2) is 5.60 Å². The molecule has 0 heterocycles. The third kappa shape index (κ3) is 5.80. The summed E-state index contributed by atoms with van der Waals surface area (Å²) in [7, 11) is -4.34. The van der Waals surface area contributed by atoms with Crippen molar-refractivity contribution >= 4 is 22.2 Å². The van der Waals surface area contributed by atoms with Crippen LogP contribution in [-0.4, -0.2) is 48.8 Å². The topological polar surface area (TPSA) is 130 Å². The van der Waals surface area contributed by atoms with Crippen LogP contribution in [0.1, 0.15) is 18.4 Å². The van der Waals surface area contributed by atoms with E-state index in [0.29, 0.717) is 6.21 Å². The zero-order valence-corrected chi connectivity index (χ0v) is 13.7. The number of benzene rings is 1. The van der Waals surface area contributed by atoms with Gasteiger partial charge in [0.1, 0.15) is 6.04 Å². The van der Waals surface area contributed by atoms with Gasteiger partial charge < -0.3 is 15.9 Å². The number of carbonyl (C=O) groups is 1. The third-order valence-electron chi connectivity index (χ3n) is 3.35. The zero-order valence-electron chi connectivity index (χ0n) is 12.8. The Bertz CT molecular complexity index is 722. The molecule has 0 spiro atoms. The lowest BCUT2D eigenvalue weighted by Gasteiger charge is -2.30. The fourth-order valence-electron chi connectivity index (χ4n) is 1.86. The Morgan fingerprint density at radius 3 is 2.32 bits per heavy atom. The van der Waals surface area contributed by atoms with Crippen molar-refractivity contribution in [2.24, 2.45) is 10.1 Å². The second-order valence-electron chi connectivity index (χ2n) is 5.23. The van der Waals surface area contributed by atoms with Crippen molar-refractivity contribution in [1.82, 2.24) is 0 Å². The summed E-state index contributed by atoms with van der Waals surface area (Å²) >= 11 is 0. The number of alkyl halides is 3. The summed E-state index contributed by atoms with van der Waals surface area (Å²) in [5, 5.41) is 18.6. The second kappa shape index (κ2) is 7.93. The maximum atomic E-state index is 13.2. The first-order chi connectivity index (χ1) is 11.4. The number of carboxylic acid groups (broad SMARTS) is 1. The summed E-state index contributed by atoms with van der Waals surface area (Å²) in [6, 6.07) is 4.71. The van der Waals surface area contributed by atoms with Crippen LogP contribution in [0.15, 0.2) is 34.7 Å². The van der Waals surface area contributed by atoms with E-state index in [0.717, 1.165) is 12.1 Å². The molecule has 1 aromatic rings. The van der Waals surface area contributed by atoms with Crippen LogP contribution in [0.2, 0.25) is 0 Å². The summed E-state index contributed by atoms with van der Waals surface area (Å²) in [5.74, 6) is -2.46. The smallest absolute Gasteiger partial charge is 0.421 e. The maximum absolute atomic E-state index is 13.2. The van der Waals surface area contributed by atoms with Crippen molar-refractivity contribution in [3.8, 4) is 0 Å². The molecule has 0 aliphatic rings. The van der Waals surface area contributed by atoms with E-state index in [1.165, 1.54) is 18.2 Å². The number of hydrogen-bond acceptors (Lipinski definition) is 5. The van der Waals surface area contributed by atoms with Crippen molar-refractivity contribution < 1.29 is 36.6 Å². The van der Waals surface area contributed by atoms with E-state index < -0.39 is 58.0 Å². The molecule has 4 N–H and O–H groups in total. The van der Waals surface area contributed by atoms with Gasteiger partial charge in [-0.3, -0.25) is 4.79 Å². The van der Waals surface area contributed by atoms with Gasteiger partial charge >= 0.3 is 12.1 Å². The number of rotatable bonds is 8. The SMILES string of the molecule is N[C@@H](CC=NS(=O)(=O)CC[C@](O)(c1ccccc1)C(F)(F)F)C(=O)O. The molecule has 7 nitrogen and oxygen atoms in total. The lowest BCUT2D eigenvalue weighted by atomic mass is 9.90. The summed E-state index contributed by atoms with van der Waals surface area (Å²) in [6.45, 7) is 0. The molecule has 1 aromatic carbocycles. The van der Waals surface area contributed by atoms with Gasteiger partial charge in [0.05, 0.1) is 5.75 Å². The van der Waals surface area contributed by atoms with E-state index in [1.807, 2.05) is 0 Å². The molecule has 140 valence electrons. The monoisotopic (exact) mass is 382 g/mol. The number of carboxylic acids is 1. The number of aliphatic hydroxyl groups is 1. The number of nitrogens with two attached hydrogens (primary N) is 1. The van der Waals surface area contributed by atoms with Gasteiger partial charge in [-0.25, -0.2) is 8.42 Å². The van der Waals surface area contributed by atoms with Crippen LogP contribution in [0, 0.1) is 0 Å². The molecule has 11 heteroatoms. The molecule has 0 unspecified atom stereocenters. The van der Waals surface area contributed by atoms with E-state index in [1.54, 1.807) is 0 Å². The van der Waals surface area contributed by atoms with Crippen molar-refractivity contribution in [3.63, 3.8) is 0 Å². The first kappa shape index (κ1) is 21.1. The van der Waals surface area contributed by atoms with Crippen LogP contribution in [0.25, 0.3) is 0 Å². The molecule has 0 saturated carbocycles. The van der Waals surface area contributed by atoms with E-state index in [4.69, 9.17) is 10.8 Å². The van der Waals surface area contributed by atoms with E-state index in [2.05, 4.69) is 4.40 Å².